The third-order valence-electron chi connectivity index (χ3n) is 2.69. The highest BCUT2D eigenvalue weighted by Crippen LogP contribution is 2.28. The van der Waals surface area contributed by atoms with Gasteiger partial charge in [0.15, 0.2) is 0 Å². The molecule has 0 amide bonds. The number of ether oxygens (including phenoxy) is 1. The monoisotopic (exact) mass is 203 g/mol. The van der Waals surface area contributed by atoms with Crippen LogP contribution in [0.15, 0.2) is 24.3 Å². The van der Waals surface area contributed by atoms with Crippen molar-refractivity contribution in [3.05, 3.63) is 35.4 Å². The predicted octanol–water partition coefficient (Wildman–Crippen LogP) is 2.37. The number of fused-ring (bicyclic) bond motifs is 1. The van der Waals surface area contributed by atoms with E-state index in [1.807, 2.05) is 12.2 Å². The van der Waals surface area contributed by atoms with Crippen molar-refractivity contribution in [1.29, 1.82) is 0 Å². The van der Waals surface area contributed by atoms with Crippen molar-refractivity contribution in [2.45, 2.75) is 25.9 Å². The lowest BCUT2D eigenvalue weighted by atomic mass is 10.0. The Morgan fingerprint density at radius 3 is 3.20 bits per heavy atom. The van der Waals surface area contributed by atoms with Gasteiger partial charge in [0.25, 0.3) is 0 Å². The van der Waals surface area contributed by atoms with E-state index in [1.54, 1.807) is 0 Å². The van der Waals surface area contributed by atoms with Crippen molar-refractivity contribution in [2.75, 3.05) is 6.54 Å². The molecule has 15 heavy (non-hydrogen) atoms. The maximum atomic E-state index is 5.79. The first kappa shape index (κ1) is 10.2. The SMILES string of the molecule is CC1CCc2ccc(/C=C/CN)cc2O1. The Balaban J connectivity index is 2.24. The second-order valence-corrected chi connectivity index (χ2v) is 3.97. The summed E-state index contributed by atoms with van der Waals surface area (Å²) in [6.07, 6.45) is 6.56. The quantitative estimate of drug-likeness (QED) is 0.801. The summed E-state index contributed by atoms with van der Waals surface area (Å²) in [5.41, 5.74) is 7.90. The summed E-state index contributed by atoms with van der Waals surface area (Å²) in [5.74, 6) is 1.04. The van der Waals surface area contributed by atoms with Crippen LogP contribution in [-0.2, 0) is 6.42 Å². The molecule has 1 aliphatic heterocycles. The van der Waals surface area contributed by atoms with Gasteiger partial charge >= 0.3 is 0 Å². The van der Waals surface area contributed by atoms with E-state index in [2.05, 4.69) is 25.1 Å². The van der Waals surface area contributed by atoms with Crippen LogP contribution >= 0.6 is 0 Å². The molecule has 0 aromatic heterocycles. The molecule has 2 heteroatoms. The Kier molecular flexibility index (Phi) is 3.07. The van der Waals surface area contributed by atoms with Crippen LogP contribution in [0.3, 0.4) is 0 Å². The fourth-order valence-corrected chi connectivity index (χ4v) is 1.83. The van der Waals surface area contributed by atoms with Crippen molar-refractivity contribution in [2.24, 2.45) is 5.73 Å². The molecule has 1 atom stereocenters. The molecule has 0 bridgehead atoms. The van der Waals surface area contributed by atoms with Crippen molar-refractivity contribution < 1.29 is 4.74 Å². The predicted molar refractivity (Wildman–Crippen MR) is 62.9 cm³/mol. The maximum absolute atomic E-state index is 5.79. The molecule has 2 rings (SSSR count). The zero-order valence-electron chi connectivity index (χ0n) is 9.07. The van der Waals surface area contributed by atoms with E-state index in [-0.39, 0.29) is 0 Å². The Hall–Kier alpha value is -1.28. The smallest absolute Gasteiger partial charge is 0.123 e. The van der Waals surface area contributed by atoms with Crippen LogP contribution in [-0.4, -0.2) is 12.6 Å². The van der Waals surface area contributed by atoms with Crippen LogP contribution < -0.4 is 10.5 Å². The molecule has 0 saturated carbocycles. The van der Waals surface area contributed by atoms with Crippen LogP contribution in [0.25, 0.3) is 6.08 Å². The van der Waals surface area contributed by atoms with Crippen LogP contribution in [0.2, 0.25) is 0 Å². The third-order valence-corrected chi connectivity index (χ3v) is 2.69. The van der Waals surface area contributed by atoms with Gasteiger partial charge in [0.05, 0.1) is 6.10 Å². The topological polar surface area (TPSA) is 35.2 Å². The molecule has 80 valence electrons. The minimum absolute atomic E-state index is 0.339. The zero-order valence-corrected chi connectivity index (χ0v) is 9.07. The highest BCUT2D eigenvalue weighted by molar-refractivity contribution is 5.54. The molecular weight excluding hydrogens is 186 g/mol. The second-order valence-electron chi connectivity index (χ2n) is 3.97. The molecule has 0 spiro atoms. The fraction of sp³-hybridized carbons (Fsp3) is 0.385. The standard InChI is InChI=1S/C13H17NO/c1-10-4-6-12-7-5-11(3-2-8-14)9-13(12)15-10/h2-3,5,7,9-10H,4,6,8,14H2,1H3/b3-2+. The van der Waals surface area contributed by atoms with E-state index in [1.165, 1.54) is 5.56 Å². The first-order valence-corrected chi connectivity index (χ1v) is 5.46. The minimum Gasteiger partial charge on any atom is -0.490 e. The summed E-state index contributed by atoms with van der Waals surface area (Å²) in [6.45, 7) is 2.69. The number of benzene rings is 1. The van der Waals surface area contributed by atoms with Gasteiger partial charge in [-0.15, -0.1) is 0 Å². The lowest BCUT2D eigenvalue weighted by molar-refractivity contribution is 0.192. The van der Waals surface area contributed by atoms with Gasteiger partial charge in [-0.25, -0.2) is 0 Å². The first-order valence-electron chi connectivity index (χ1n) is 5.46. The highest BCUT2D eigenvalue weighted by atomic mass is 16.5. The first-order chi connectivity index (χ1) is 7.29. The van der Waals surface area contributed by atoms with Crippen LogP contribution in [0.5, 0.6) is 5.75 Å². The highest BCUT2D eigenvalue weighted by Gasteiger charge is 2.15. The Bertz CT molecular complexity index is 371. The van der Waals surface area contributed by atoms with Gasteiger partial charge in [0, 0.05) is 6.54 Å². The van der Waals surface area contributed by atoms with Gasteiger partial charge in [-0.2, -0.15) is 0 Å². The zero-order chi connectivity index (χ0) is 10.7. The molecule has 1 aromatic carbocycles. The van der Waals surface area contributed by atoms with E-state index in [9.17, 15) is 0 Å². The molecule has 0 fully saturated rings. The van der Waals surface area contributed by atoms with E-state index >= 15 is 0 Å². The molecule has 1 aliphatic rings. The van der Waals surface area contributed by atoms with Crippen molar-refractivity contribution >= 4 is 6.08 Å². The van der Waals surface area contributed by atoms with Gasteiger partial charge in [-0.1, -0.05) is 24.3 Å². The number of nitrogens with two attached hydrogens (primary N) is 1. The molecule has 2 N–H and O–H groups in total. The van der Waals surface area contributed by atoms with Gasteiger partial charge < -0.3 is 10.5 Å². The molecular formula is C13H17NO. The second kappa shape index (κ2) is 4.49. The lowest BCUT2D eigenvalue weighted by Gasteiger charge is -2.23. The molecule has 0 saturated heterocycles. The molecule has 0 radical (unpaired) electrons. The van der Waals surface area contributed by atoms with E-state index in [0.29, 0.717) is 12.6 Å². The summed E-state index contributed by atoms with van der Waals surface area (Å²) < 4.78 is 5.79. The molecule has 1 heterocycles. The Morgan fingerprint density at radius 2 is 2.40 bits per heavy atom. The van der Waals surface area contributed by atoms with E-state index in [4.69, 9.17) is 10.5 Å². The number of hydrogen-bond acceptors (Lipinski definition) is 2. The summed E-state index contributed by atoms with van der Waals surface area (Å²) in [5, 5.41) is 0. The molecule has 2 nitrogen and oxygen atoms in total. The maximum Gasteiger partial charge on any atom is 0.123 e. The van der Waals surface area contributed by atoms with Gasteiger partial charge in [0.1, 0.15) is 5.75 Å². The number of hydrogen-bond donors (Lipinski definition) is 1. The normalized spacial score (nSPS) is 20.0. The molecule has 0 aliphatic carbocycles. The van der Waals surface area contributed by atoms with Crippen molar-refractivity contribution in [3.8, 4) is 5.75 Å². The average Bonchev–Trinajstić information content (AvgIpc) is 2.25. The summed E-state index contributed by atoms with van der Waals surface area (Å²) >= 11 is 0. The summed E-state index contributed by atoms with van der Waals surface area (Å²) in [4.78, 5) is 0. The lowest BCUT2D eigenvalue weighted by Crippen LogP contribution is -2.18. The average molecular weight is 203 g/mol. The minimum atomic E-state index is 0.339. The van der Waals surface area contributed by atoms with Crippen molar-refractivity contribution in [1.82, 2.24) is 0 Å². The molecule has 1 unspecified atom stereocenters. The Labute approximate surface area is 90.7 Å². The third kappa shape index (κ3) is 2.39. The molecule has 1 aromatic rings. The van der Waals surface area contributed by atoms with E-state index in [0.717, 1.165) is 24.2 Å². The Morgan fingerprint density at radius 1 is 1.53 bits per heavy atom. The number of aryl methyl sites for hydroxylation is 1. The van der Waals surface area contributed by atoms with Crippen LogP contribution in [0.4, 0.5) is 0 Å². The van der Waals surface area contributed by atoms with Gasteiger partial charge in [0.2, 0.25) is 0 Å². The van der Waals surface area contributed by atoms with Crippen LogP contribution in [0, 0.1) is 0 Å². The summed E-state index contributed by atoms with van der Waals surface area (Å²) in [6, 6.07) is 6.36. The fourth-order valence-electron chi connectivity index (χ4n) is 1.83. The largest absolute Gasteiger partial charge is 0.490 e. The van der Waals surface area contributed by atoms with E-state index < -0.39 is 0 Å². The summed E-state index contributed by atoms with van der Waals surface area (Å²) in [7, 11) is 0. The van der Waals surface area contributed by atoms with Crippen molar-refractivity contribution in [3.63, 3.8) is 0 Å². The van der Waals surface area contributed by atoms with Gasteiger partial charge in [-0.05, 0) is 37.0 Å². The van der Waals surface area contributed by atoms with Crippen LogP contribution in [0.1, 0.15) is 24.5 Å². The van der Waals surface area contributed by atoms with Gasteiger partial charge in [-0.3, -0.25) is 0 Å². The number of rotatable bonds is 2.